The van der Waals surface area contributed by atoms with E-state index in [4.69, 9.17) is 0 Å². The van der Waals surface area contributed by atoms with Crippen molar-refractivity contribution in [2.75, 3.05) is 26.2 Å². The van der Waals surface area contributed by atoms with Gasteiger partial charge in [0, 0.05) is 50.6 Å². The second-order valence-electron chi connectivity index (χ2n) is 6.14. The number of carbonyl (C=O) groups is 2. The second kappa shape index (κ2) is 7.23. The van der Waals surface area contributed by atoms with E-state index in [1.54, 1.807) is 11.0 Å². The van der Waals surface area contributed by atoms with Crippen LogP contribution < -0.4 is 0 Å². The normalized spacial score (nSPS) is 15.2. The Morgan fingerprint density at radius 1 is 1.16 bits per heavy atom. The molecule has 1 saturated heterocycles. The molecule has 1 fully saturated rings. The summed E-state index contributed by atoms with van der Waals surface area (Å²) in [7, 11) is 1.89. The Balaban J connectivity index is 1.58. The lowest BCUT2D eigenvalue weighted by Crippen LogP contribution is -2.50. The Kier molecular flexibility index (Phi) is 5.03. The van der Waals surface area contributed by atoms with Gasteiger partial charge in [-0.05, 0) is 31.4 Å². The number of nitrogens with zero attached hydrogens (tertiary/aromatic N) is 4. The molecule has 0 spiro atoms. The van der Waals surface area contributed by atoms with E-state index in [0.717, 1.165) is 21.8 Å². The van der Waals surface area contributed by atoms with Crippen molar-refractivity contribution in [2.45, 2.75) is 13.8 Å². The zero-order chi connectivity index (χ0) is 18.0. The highest BCUT2D eigenvalue weighted by Gasteiger charge is 2.24. The van der Waals surface area contributed by atoms with E-state index in [1.807, 2.05) is 54.1 Å². The van der Waals surface area contributed by atoms with Gasteiger partial charge in [0.1, 0.15) is 0 Å². The number of carbonyl (C=O) groups excluding carboxylic acids is 2. The molecule has 2 aromatic heterocycles. The summed E-state index contributed by atoms with van der Waals surface area (Å²) >= 11 is 1.45. The topological polar surface area (TPSA) is 58.4 Å². The molecule has 0 aromatic carbocycles. The fourth-order valence-corrected chi connectivity index (χ4v) is 3.67. The van der Waals surface area contributed by atoms with Crippen LogP contribution in [0.25, 0.3) is 6.08 Å². The molecule has 0 aliphatic carbocycles. The van der Waals surface area contributed by atoms with Crippen molar-refractivity contribution in [3.05, 3.63) is 45.4 Å². The molecule has 0 saturated carbocycles. The van der Waals surface area contributed by atoms with E-state index in [9.17, 15) is 9.59 Å². The van der Waals surface area contributed by atoms with Crippen LogP contribution in [-0.2, 0) is 11.8 Å². The predicted octanol–water partition coefficient (Wildman–Crippen LogP) is 2.10. The van der Waals surface area contributed by atoms with Gasteiger partial charge in [-0.15, -0.1) is 11.3 Å². The minimum atomic E-state index is -0.0223. The van der Waals surface area contributed by atoms with E-state index in [1.165, 1.54) is 11.3 Å². The Morgan fingerprint density at radius 3 is 2.40 bits per heavy atom. The largest absolute Gasteiger partial charge is 0.336 e. The molecule has 0 radical (unpaired) electrons. The van der Waals surface area contributed by atoms with Gasteiger partial charge < -0.3 is 9.80 Å². The lowest BCUT2D eigenvalue weighted by molar-refractivity contribution is -0.127. The molecule has 0 unspecified atom stereocenters. The van der Waals surface area contributed by atoms with Crippen LogP contribution in [0.4, 0.5) is 0 Å². The number of amides is 2. The molecule has 0 bridgehead atoms. The highest BCUT2D eigenvalue weighted by atomic mass is 32.1. The molecule has 1 aliphatic rings. The summed E-state index contributed by atoms with van der Waals surface area (Å²) in [6.45, 7) is 6.18. The molecule has 6 nitrogen and oxygen atoms in total. The number of hydrogen-bond donors (Lipinski definition) is 0. The van der Waals surface area contributed by atoms with Crippen LogP contribution in [0.1, 0.15) is 26.6 Å². The molecule has 2 amide bonds. The monoisotopic (exact) mass is 358 g/mol. The van der Waals surface area contributed by atoms with Crippen molar-refractivity contribution in [1.82, 2.24) is 19.6 Å². The third kappa shape index (κ3) is 3.66. The van der Waals surface area contributed by atoms with E-state index in [-0.39, 0.29) is 11.8 Å². The number of piperazine rings is 1. The first kappa shape index (κ1) is 17.4. The van der Waals surface area contributed by atoms with Crippen LogP contribution >= 0.6 is 11.3 Å². The first-order chi connectivity index (χ1) is 12.0. The SMILES string of the molecule is Cc1nn(C)c(C)c1C=CC(=O)N1CCN(C(=O)c2cccs2)CC1. The maximum atomic E-state index is 12.4. The summed E-state index contributed by atoms with van der Waals surface area (Å²) in [6.07, 6.45) is 3.44. The molecule has 3 rings (SSSR count). The van der Waals surface area contributed by atoms with Gasteiger partial charge in [-0.1, -0.05) is 6.07 Å². The summed E-state index contributed by atoms with van der Waals surface area (Å²) < 4.78 is 1.81. The maximum Gasteiger partial charge on any atom is 0.264 e. The third-order valence-electron chi connectivity index (χ3n) is 4.57. The fourth-order valence-electron chi connectivity index (χ4n) is 2.98. The second-order valence-corrected chi connectivity index (χ2v) is 7.08. The standard InChI is InChI=1S/C18H22N4O2S/c1-13-15(14(2)20(3)19-13)6-7-17(23)21-8-10-22(11-9-21)18(24)16-5-4-12-25-16/h4-7,12H,8-11H2,1-3H3. The van der Waals surface area contributed by atoms with Gasteiger partial charge in [-0.3, -0.25) is 14.3 Å². The zero-order valence-corrected chi connectivity index (χ0v) is 15.5. The molecule has 132 valence electrons. The van der Waals surface area contributed by atoms with Crippen LogP contribution in [0, 0.1) is 13.8 Å². The lowest BCUT2D eigenvalue weighted by Gasteiger charge is -2.34. The number of hydrogen-bond acceptors (Lipinski definition) is 4. The molecular formula is C18H22N4O2S. The zero-order valence-electron chi connectivity index (χ0n) is 14.7. The number of aryl methyl sites for hydroxylation is 2. The molecule has 25 heavy (non-hydrogen) atoms. The lowest BCUT2D eigenvalue weighted by atomic mass is 10.2. The predicted molar refractivity (Wildman–Crippen MR) is 98.5 cm³/mol. The molecule has 7 heteroatoms. The number of thiophene rings is 1. The van der Waals surface area contributed by atoms with Crippen LogP contribution in [-0.4, -0.2) is 57.6 Å². The smallest absolute Gasteiger partial charge is 0.264 e. The van der Waals surface area contributed by atoms with Crippen molar-refractivity contribution in [3.63, 3.8) is 0 Å². The average Bonchev–Trinajstić information content (AvgIpc) is 3.22. The average molecular weight is 358 g/mol. The summed E-state index contributed by atoms with van der Waals surface area (Å²) in [6, 6.07) is 3.72. The fraction of sp³-hybridized carbons (Fsp3) is 0.389. The summed E-state index contributed by atoms with van der Waals surface area (Å²) in [5.74, 6) is 0.0325. The van der Waals surface area contributed by atoms with E-state index < -0.39 is 0 Å². The number of aromatic nitrogens is 2. The highest BCUT2D eigenvalue weighted by molar-refractivity contribution is 7.12. The van der Waals surface area contributed by atoms with Crippen LogP contribution in [0.3, 0.4) is 0 Å². The van der Waals surface area contributed by atoms with E-state index >= 15 is 0 Å². The Labute approximate surface area is 151 Å². The Hall–Kier alpha value is -2.41. The summed E-state index contributed by atoms with van der Waals surface area (Å²) in [5, 5.41) is 6.26. The first-order valence-corrected chi connectivity index (χ1v) is 9.15. The van der Waals surface area contributed by atoms with Crippen molar-refractivity contribution in [2.24, 2.45) is 7.05 Å². The summed E-state index contributed by atoms with van der Waals surface area (Å²) in [5.41, 5.74) is 2.94. The van der Waals surface area contributed by atoms with Crippen molar-refractivity contribution < 1.29 is 9.59 Å². The highest BCUT2D eigenvalue weighted by Crippen LogP contribution is 2.16. The van der Waals surface area contributed by atoms with Crippen LogP contribution in [0.2, 0.25) is 0 Å². The molecule has 2 aromatic rings. The minimum Gasteiger partial charge on any atom is -0.336 e. The van der Waals surface area contributed by atoms with Gasteiger partial charge in [-0.25, -0.2) is 0 Å². The first-order valence-electron chi connectivity index (χ1n) is 8.27. The van der Waals surface area contributed by atoms with E-state index in [0.29, 0.717) is 26.2 Å². The van der Waals surface area contributed by atoms with Crippen LogP contribution in [0.15, 0.2) is 23.6 Å². The van der Waals surface area contributed by atoms with Gasteiger partial charge in [0.05, 0.1) is 10.6 Å². The molecule has 3 heterocycles. The third-order valence-corrected chi connectivity index (χ3v) is 5.43. The van der Waals surface area contributed by atoms with Crippen LogP contribution in [0.5, 0.6) is 0 Å². The van der Waals surface area contributed by atoms with Gasteiger partial charge in [0.25, 0.3) is 5.91 Å². The minimum absolute atomic E-state index is 0.0223. The Bertz CT molecular complexity index is 799. The number of rotatable bonds is 3. The molecule has 0 N–H and O–H groups in total. The maximum absolute atomic E-state index is 12.4. The van der Waals surface area contributed by atoms with Gasteiger partial charge in [-0.2, -0.15) is 5.10 Å². The Morgan fingerprint density at radius 2 is 1.84 bits per heavy atom. The van der Waals surface area contributed by atoms with E-state index in [2.05, 4.69) is 5.10 Å². The quantitative estimate of drug-likeness (QED) is 0.790. The van der Waals surface area contributed by atoms with Crippen molar-refractivity contribution in [1.29, 1.82) is 0 Å². The van der Waals surface area contributed by atoms with Gasteiger partial charge in [0.15, 0.2) is 0 Å². The van der Waals surface area contributed by atoms with Crippen molar-refractivity contribution in [3.8, 4) is 0 Å². The molecular weight excluding hydrogens is 336 g/mol. The summed E-state index contributed by atoms with van der Waals surface area (Å²) in [4.78, 5) is 29.1. The molecule has 0 atom stereocenters. The van der Waals surface area contributed by atoms with Crippen molar-refractivity contribution >= 4 is 29.2 Å². The van der Waals surface area contributed by atoms with Gasteiger partial charge >= 0.3 is 0 Å². The molecule has 1 aliphatic heterocycles. The van der Waals surface area contributed by atoms with Gasteiger partial charge in [0.2, 0.25) is 5.91 Å².